The van der Waals surface area contributed by atoms with E-state index in [1.54, 1.807) is 12.1 Å². The standard InChI is InChI=1S/C13H19ClFNO2/c1-3-17-12(18-4-2)9-16-8-10-6-5-7-11(14)13(10)15/h5-7,12,16H,3-4,8-9H2,1-2H3. The molecule has 5 heteroatoms. The van der Waals surface area contributed by atoms with Gasteiger partial charge in [-0.25, -0.2) is 4.39 Å². The summed E-state index contributed by atoms with van der Waals surface area (Å²) in [4.78, 5) is 0. The maximum atomic E-state index is 13.6. The minimum atomic E-state index is -0.379. The predicted molar refractivity (Wildman–Crippen MR) is 70.2 cm³/mol. The molecule has 18 heavy (non-hydrogen) atoms. The maximum absolute atomic E-state index is 13.6. The van der Waals surface area contributed by atoms with Gasteiger partial charge in [-0.15, -0.1) is 0 Å². The van der Waals surface area contributed by atoms with Crippen LogP contribution in [0.1, 0.15) is 19.4 Å². The summed E-state index contributed by atoms with van der Waals surface area (Å²) in [6, 6.07) is 4.96. The van der Waals surface area contributed by atoms with Gasteiger partial charge >= 0.3 is 0 Å². The number of rotatable bonds is 8. The average Bonchev–Trinajstić information content (AvgIpc) is 2.35. The molecule has 0 unspecified atom stereocenters. The molecule has 0 fully saturated rings. The second-order valence-corrected chi connectivity index (χ2v) is 4.09. The molecule has 102 valence electrons. The van der Waals surface area contributed by atoms with Gasteiger partial charge in [-0.2, -0.15) is 0 Å². The first-order chi connectivity index (χ1) is 8.69. The summed E-state index contributed by atoms with van der Waals surface area (Å²) in [5.74, 6) is -0.379. The summed E-state index contributed by atoms with van der Waals surface area (Å²) >= 11 is 5.70. The molecule has 0 aromatic heterocycles. The van der Waals surface area contributed by atoms with E-state index >= 15 is 0 Å². The van der Waals surface area contributed by atoms with Crippen molar-refractivity contribution in [3.05, 3.63) is 34.6 Å². The molecule has 1 aromatic rings. The van der Waals surface area contributed by atoms with E-state index in [0.29, 0.717) is 31.9 Å². The van der Waals surface area contributed by atoms with E-state index in [9.17, 15) is 4.39 Å². The largest absolute Gasteiger partial charge is 0.352 e. The molecule has 0 bridgehead atoms. The van der Waals surface area contributed by atoms with Crippen LogP contribution in [0.4, 0.5) is 4.39 Å². The Morgan fingerprint density at radius 3 is 2.56 bits per heavy atom. The van der Waals surface area contributed by atoms with Crippen LogP contribution in [0.2, 0.25) is 5.02 Å². The molecule has 1 rings (SSSR count). The van der Waals surface area contributed by atoms with Crippen molar-refractivity contribution in [1.82, 2.24) is 5.32 Å². The number of halogens is 2. The van der Waals surface area contributed by atoms with Crippen LogP contribution >= 0.6 is 11.6 Å². The highest BCUT2D eigenvalue weighted by molar-refractivity contribution is 6.30. The number of nitrogens with one attached hydrogen (secondary N) is 1. The SMILES string of the molecule is CCOC(CNCc1cccc(Cl)c1F)OCC. The fourth-order valence-corrected chi connectivity index (χ4v) is 1.74. The van der Waals surface area contributed by atoms with Crippen molar-refractivity contribution in [2.75, 3.05) is 19.8 Å². The Balaban J connectivity index is 2.42. The van der Waals surface area contributed by atoms with E-state index in [2.05, 4.69) is 5.32 Å². The average molecular weight is 276 g/mol. The molecule has 0 saturated carbocycles. The molecule has 0 amide bonds. The van der Waals surface area contributed by atoms with Gasteiger partial charge < -0.3 is 14.8 Å². The summed E-state index contributed by atoms with van der Waals surface area (Å²) < 4.78 is 24.3. The minimum Gasteiger partial charge on any atom is -0.352 e. The summed E-state index contributed by atoms with van der Waals surface area (Å²) in [6.45, 7) is 5.87. The second kappa shape index (κ2) is 8.43. The van der Waals surface area contributed by atoms with Gasteiger partial charge in [0.2, 0.25) is 0 Å². The zero-order valence-corrected chi connectivity index (χ0v) is 11.5. The predicted octanol–water partition coefficient (Wildman–Crippen LogP) is 2.97. The quantitative estimate of drug-likeness (QED) is 0.740. The maximum Gasteiger partial charge on any atom is 0.169 e. The Kier molecular flexibility index (Phi) is 7.20. The number of hydrogen-bond donors (Lipinski definition) is 1. The third-order valence-electron chi connectivity index (χ3n) is 2.36. The topological polar surface area (TPSA) is 30.5 Å². The lowest BCUT2D eigenvalue weighted by atomic mass is 10.2. The Hall–Kier alpha value is -0.680. The summed E-state index contributed by atoms with van der Waals surface area (Å²) in [7, 11) is 0. The molecule has 0 saturated heterocycles. The van der Waals surface area contributed by atoms with Crippen molar-refractivity contribution in [1.29, 1.82) is 0 Å². The number of ether oxygens (including phenoxy) is 2. The number of benzene rings is 1. The zero-order chi connectivity index (χ0) is 13.4. The van der Waals surface area contributed by atoms with Crippen molar-refractivity contribution in [3.63, 3.8) is 0 Å². The van der Waals surface area contributed by atoms with Crippen molar-refractivity contribution in [3.8, 4) is 0 Å². The van der Waals surface area contributed by atoms with Crippen LogP contribution in [0, 0.1) is 5.82 Å². The number of hydrogen-bond acceptors (Lipinski definition) is 3. The van der Waals surface area contributed by atoms with Gasteiger partial charge in [0.25, 0.3) is 0 Å². The van der Waals surface area contributed by atoms with Crippen molar-refractivity contribution in [2.45, 2.75) is 26.7 Å². The van der Waals surface area contributed by atoms with Crippen LogP contribution in [-0.2, 0) is 16.0 Å². The van der Waals surface area contributed by atoms with Gasteiger partial charge in [-0.1, -0.05) is 23.7 Å². The van der Waals surface area contributed by atoms with E-state index in [1.165, 1.54) is 6.07 Å². The first-order valence-corrected chi connectivity index (χ1v) is 6.43. The molecule has 0 radical (unpaired) electrons. The van der Waals surface area contributed by atoms with Crippen LogP contribution in [-0.4, -0.2) is 26.0 Å². The van der Waals surface area contributed by atoms with Gasteiger partial charge in [0.15, 0.2) is 6.29 Å². The zero-order valence-electron chi connectivity index (χ0n) is 10.7. The van der Waals surface area contributed by atoms with E-state index in [4.69, 9.17) is 21.1 Å². The lowest BCUT2D eigenvalue weighted by molar-refractivity contribution is -0.133. The first-order valence-electron chi connectivity index (χ1n) is 6.05. The molecule has 0 aliphatic rings. The van der Waals surface area contributed by atoms with Gasteiger partial charge in [0.05, 0.1) is 5.02 Å². The molecule has 0 aliphatic heterocycles. The molecule has 0 atom stereocenters. The fraction of sp³-hybridized carbons (Fsp3) is 0.538. The van der Waals surface area contributed by atoms with E-state index in [-0.39, 0.29) is 17.1 Å². The first kappa shape index (κ1) is 15.4. The molecule has 1 N–H and O–H groups in total. The van der Waals surface area contributed by atoms with Crippen molar-refractivity contribution in [2.24, 2.45) is 0 Å². The van der Waals surface area contributed by atoms with Crippen molar-refractivity contribution >= 4 is 11.6 Å². The second-order valence-electron chi connectivity index (χ2n) is 3.68. The highest BCUT2D eigenvalue weighted by Gasteiger charge is 2.09. The van der Waals surface area contributed by atoms with E-state index in [0.717, 1.165) is 0 Å². The Labute approximate surface area is 112 Å². The van der Waals surface area contributed by atoms with Crippen molar-refractivity contribution < 1.29 is 13.9 Å². The molecule has 0 heterocycles. The monoisotopic (exact) mass is 275 g/mol. The molecular weight excluding hydrogens is 257 g/mol. The van der Waals surface area contributed by atoms with Crippen LogP contribution in [0.3, 0.4) is 0 Å². The Morgan fingerprint density at radius 1 is 1.28 bits per heavy atom. The summed E-state index contributed by atoms with van der Waals surface area (Å²) in [5.41, 5.74) is 0.536. The van der Waals surface area contributed by atoms with Gasteiger partial charge in [0.1, 0.15) is 5.82 Å². The van der Waals surface area contributed by atoms with Crippen LogP contribution in [0.15, 0.2) is 18.2 Å². The van der Waals surface area contributed by atoms with Crippen LogP contribution in [0.5, 0.6) is 0 Å². The van der Waals surface area contributed by atoms with Crippen LogP contribution < -0.4 is 5.32 Å². The molecule has 3 nitrogen and oxygen atoms in total. The van der Waals surface area contributed by atoms with Gasteiger partial charge in [0, 0.05) is 31.9 Å². The summed E-state index contributed by atoms with van der Waals surface area (Å²) in [6.07, 6.45) is -0.303. The third-order valence-corrected chi connectivity index (χ3v) is 2.66. The molecule has 0 aliphatic carbocycles. The highest BCUT2D eigenvalue weighted by Crippen LogP contribution is 2.17. The van der Waals surface area contributed by atoms with E-state index < -0.39 is 0 Å². The lowest BCUT2D eigenvalue weighted by Gasteiger charge is -2.17. The highest BCUT2D eigenvalue weighted by atomic mass is 35.5. The normalized spacial score (nSPS) is 11.2. The lowest BCUT2D eigenvalue weighted by Crippen LogP contribution is -2.31. The molecule has 1 aromatic carbocycles. The van der Waals surface area contributed by atoms with Crippen LogP contribution in [0.25, 0.3) is 0 Å². The Bertz CT molecular complexity index is 357. The van der Waals surface area contributed by atoms with E-state index in [1.807, 2.05) is 13.8 Å². The third kappa shape index (κ3) is 4.90. The fourth-order valence-electron chi connectivity index (χ4n) is 1.55. The minimum absolute atomic E-state index is 0.139. The molecular formula is C13H19ClFNO2. The smallest absolute Gasteiger partial charge is 0.169 e. The molecule has 0 spiro atoms. The van der Waals surface area contributed by atoms with Gasteiger partial charge in [-0.3, -0.25) is 0 Å². The van der Waals surface area contributed by atoms with Gasteiger partial charge in [-0.05, 0) is 19.9 Å². The Morgan fingerprint density at radius 2 is 1.94 bits per heavy atom. The summed E-state index contributed by atoms with van der Waals surface area (Å²) in [5, 5.41) is 3.23.